The van der Waals surface area contributed by atoms with Crippen LogP contribution in [0, 0.1) is 5.92 Å². The molecule has 0 bridgehead atoms. The molecule has 0 spiro atoms. The number of hydrogen-bond acceptors (Lipinski definition) is 5. The topological polar surface area (TPSA) is 91.7 Å². The van der Waals surface area contributed by atoms with Crippen molar-refractivity contribution in [2.75, 3.05) is 32.7 Å². The molecule has 35 heavy (non-hydrogen) atoms. The summed E-state index contributed by atoms with van der Waals surface area (Å²) in [4.78, 5) is 56.2. The minimum absolute atomic E-state index is 0.00190. The predicted octanol–water partition coefficient (Wildman–Crippen LogP) is 3.40. The average molecular weight is 499 g/mol. The van der Waals surface area contributed by atoms with Crippen LogP contribution < -0.4 is 10.7 Å². The van der Waals surface area contributed by atoms with Crippen molar-refractivity contribution in [1.82, 2.24) is 19.7 Å². The number of rotatable bonds is 6. The van der Waals surface area contributed by atoms with Gasteiger partial charge in [-0.1, -0.05) is 25.3 Å². The van der Waals surface area contributed by atoms with Crippen molar-refractivity contribution in [2.24, 2.45) is 5.92 Å². The third-order valence-corrected chi connectivity index (χ3v) is 7.84. The van der Waals surface area contributed by atoms with E-state index in [0.29, 0.717) is 43.5 Å². The first kappa shape index (κ1) is 25.2. The molecular formula is C26H34N4O4S. The molecular weight excluding hydrogens is 464 g/mol. The highest BCUT2D eigenvalue weighted by atomic mass is 32.1. The number of nitrogens with one attached hydrogen (secondary N) is 1. The fourth-order valence-corrected chi connectivity index (χ4v) is 5.46. The number of pyridine rings is 1. The lowest BCUT2D eigenvalue weighted by molar-refractivity contribution is 0.0536. The minimum Gasteiger partial charge on any atom is -0.352 e. The summed E-state index contributed by atoms with van der Waals surface area (Å²) in [6, 6.07) is 3.62. The molecule has 1 saturated carbocycles. The first-order valence-electron chi connectivity index (χ1n) is 12.5. The standard InChI is InChI=1S/C26H34N4O4S/c1-18(2)30-16-20(24(32)27-15-19-7-4-3-5-8-19)23(31)21(17-30)25(33)28-10-12-29(13-11-28)26(34)22-9-6-14-35-22/h6,9,14,16-19H,3-5,7-8,10-13,15H2,1-2H3,(H,27,32). The van der Waals surface area contributed by atoms with Gasteiger partial charge in [-0.2, -0.15) is 0 Å². The second-order valence-electron chi connectivity index (χ2n) is 9.73. The van der Waals surface area contributed by atoms with Crippen LogP contribution in [0.2, 0.25) is 0 Å². The number of carbonyl (C=O) groups excluding carboxylic acids is 3. The van der Waals surface area contributed by atoms with Gasteiger partial charge < -0.3 is 19.7 Å². The van der Waals surface area contributed by atoms with Gasteiger partial charge in [0.25, 0.3) is 17.7 Å². The monoisotopic (exact) mass is 498 g/mol. The molecule has 2 aromatic rings. The SMILES string of the molecule is CC(C)n1cc(C(=O)NCC2CCCCC2)c(=O)c(C(=O)N2CCN(C(=O)c3cccs3)CC2)c1. The summed E-state index contributed by atoms with van der Waals surface area (Å²) < 4.78 is 1.75. The highest BCUT2D eigenvalue weighted by molar-refractivity contribution is 7.12. The van der Waals surface area contributed by atoms with Crippen LogP contribution in [0.3, 0.4) is 0 Å². The lowest BCUT2D eigenvalue weighted by Crippen LogP contribution is -2.51. The van der Waals surface area contributed by atoms with Crippen LogP contribution in [0.4, 0.5) is 0 Å². The molecule has 3 heterocycles. The summed E-state index contributed by atoms with van der Waals surface area (Å²) in [6.45, 7) is 5.93. The van der Waals surface area contributed by atoms with Gasteiger partial charge in [-0.15, -0.1) is 11.3 Å². The van der Waals surface area contributed by atoms with E-state index in [0.717, 1.165) is 12.8 Å². The van der Waals surface area contributed by atoms with E-state index in [2.05, 4.69) is 5.32 Å². The van der Waals surface area contributed by atoms with Crippen LogP contribution >= 0.6 is 11.3 Å². The number of thiophene rings is 1. The second kappa shape index (κ2) is 11.2. The van der Waals surface area contributed by atoms with E-state index < -0.39 is 17.2 Å². The molecule has 3 amide bonds. The smallest absolute Gasteiger partial charge is 0.264 e. The second-order valence-corrected chi connectivity index (χ2v) is 10.7. The Morgan fingerprint density at radius 3 is 2.20 bits per heavy atom. The summed E-state index contributed by atoms with van der Waals surface area (Å²) in [7, 11) is 0. The van der Waals surface area contributed by atoms with Gasteiger partial charge in [-0.25, -0.2) is 0 Å². The Labute approximate surface area is 209 Å². The Morgan fingerprint density at radius 1 is 0.971 bits per heavy atom. The van der Waals surface area contributed by atoms with E-state index in [1.807, 2.05) is 25.3 Å². The van der Waals surface area contributed by atoms with Crippen molar-refractivity contribution in [3.8, 4) is 0 Å². The Hall–Kier alpha value is -2.94. The molecule has 1 aliphatic heterocycles. The molecule has 0 atom stereocenters. The number of nitrogens with zero attached hydrogens (tertiary/aromatic N) is 3. The molecule has 0 radical (unpaired) electrons. The molecule has 1 aliphatic carbocycles. The van der Waals surface area contributed by atoms with Gasteiger partial charge in [0.1, 0.15) is 11.1 Å². The van der Waals surface area contributed by atoms with Crippen molar-refractivity contribution < 1.29 is 14.4 Å². The lowest BCUT2D eigenvalue weighted by atomic mass is 9.89. The van der Waals surface area contributed by atoms with Crippen molar-refractivity contribution in [3.63, 3.8) is 0 Å². The molecule has 0 aromatic carbocycles. The largest absolute Gasteiger partial charge is 0.352 e. The lowest BCUT2D eigenvalue weighted by Gasteiger charge is -2.34. The van der Waals surface area contributed by atoms with E-state index in [1.54, 1.807) is 32.8 Å². The molecule has 2 fully saturated rings. The third-order valence-electron chi connectivity index (χ3n) is 6.98. The van der Waals surface area contributed by atoms with Gasteiger partial charge in [0.05, 0.1) is 4.88 Å². The maximum Gasteiger partial charge on any atom is 0.264 e. The highest BCUT2D eigenvalue weighted by Crippen LogP contribution is 2.23. The third kappa shape index (κ3) is 5.83. The van der Waals surface area contributed by atoms with Crippen LogP contribution in [-0.4, -0.2) is 64.8 Å². The highest BCUT2D eigenvalue weighted by Gasteiger charge is 2.29. The Morgan fingerprint density at radius 2 is 1.60 bits per heavy atom. The summed E-state index contributed by atoms with van der Waals surface area (Å²) in [5.41, 5.74) is -0.529. The molecule has 4 rings (SSSR count). The van der Waals surface area contributed by atoms with E-state index in [-0.39, 0.29) is 23.1 Å². The Kier molecular flexibility index (Phi) is 8.05. The zero-order valence-corrected chi connectivity index (χ0v) is 21.3. The predicted molar refractivity (Wildman–Crippen MR) is 136 cm³/mol. The molecule has 1 saturated heterocycles. The van der Waals surface area contributed by atoms with E-state index >= 15 is 0 Å². The summed E-state index contributed by atoms with van der Waals surface area (Å²) in [5.74, 6) is -0.408. The first-order chi connectivity index (χ1) is 16.8. The van der Waals surface area contributed by atoms with Crippen molar-refractivity contribution in [1.29, 1.82) is 0 Å². The van der Waals surface area contributed by atoms with Gasteiger partial charge in [-0.3, -0.25) is 19.2 Å². The molecule has 0 unspecified atom stereocenters. The molecule has 8 nitrogen and oxygen atoms in total. The zero-order valence-electron chi connectivity index (χ0n) is 20.5. The number of amides is 3. The maximum absolute atomic E-state index is 13.4. The minimum atomic E-state index is -0.537. The zero-order chi connectivity index (χ0) is 24.9. The van der Waals surface area contributed by atoms with Crippen LogP contribution in [0.1, 0.15) is 82.4 Å². The fraction of sp³-hybridized carbons (Fsp3) is 0.538. The van der Waals surface area contributed by atoms with Crippen LogP contribution in [0.25, 0.3) is 0 Å². The van der Waals surface area contributed by atoms with Gasteiger partial charge in [0, 0.05) is 51.2 Å². The summed E-state index contributed by atoms with van der Waals surface area (Å²) >= 11 is 1.40. The Bertz CT molecular complexity index is 1110. The molecule has 9 heteroatoms. The van der Waals surface area contributed by atoms with Gasteiger partial charge >= 0.3 is 0 Å². The number of carbonyl (C=O) groups is 3. The van der Waals surface area contributed by atoms with E-state index in [1.165, 1.54) is 30.6 Å². The molecule has 2 aromatic heterocycles. The number of piperazine rings is 1. The van der Waals surface area contributed by atoms with Gasteiger partial charge in [0.2, 0.25) is 5.43 Å². The number of aromatic nitrogens is 1. The normalized spacial score (nSPS) is 17.0. The summed E-state index contributed by atoms with van der Waals surface area (Å²) in [6.07, 6.45) is 8.89. The molecule has 2 aliphatic rings. The van der Waals surface area contributed by atoms with Crippen LogP contribution in [0.15, 0.2) is 34.7 Å². The number of hydrogen-bond donors (Lipinski definition) is 1. The first-order valence-corrected chi connectivity index (χ1v) is 13.4. The fourth-order valence-electron chi connectivity index (χ4n) is 4.77. The van der Waals surface area contributed by atoms with Crippen LogP contribution in [-0.2, 0) is 0 Å². The molecule has 188 valence electrons. The van der Waals surface area contributed by atoms with Gasteiger partial charge in [0.15, 0.2) is 0 Å². The van der Waals surface area contributed by atoms with Gasteiger partial charge in [-0.05, 0) is 44.1 Å². The van der Waals surface area contributed by atoms with Crippen molar-refractivity contribution >= 4 is 29.1 Å². The average Bonchev–Trinajstić information content (AvgIpc) is 3.42. The molecule has 1 N–H and O–H groups in total. The van der Waals surface area contributed by atoms with E-state index in [4.69, 9.17) is 0 Å². The quantitative estimate of drug-likeness (QED) is 0.661. The maximum atomic E-state index is 13.4. The van der Waals surface area contributed by atoms with Crippen LogP contribution in [0.5, 0.6) is 0 Å². The Balaban J connectivity index is 1.47. The van der Waals surface area contributed by atoms with Crippen molar-refractivity contribution in [3.05, 3.63) is 56.1 Å². The van der Waals surface area contributed by atoms with Crippen molar-refractivity contribution in [2.45, 2.75) is 52.0 Å². The van der Waals surface area contributed by atoms with E-state index in [9.17, 15) is 19.2 Å². The summed E-state index contributed by atoms with van der Waals surface area (Å²) in [5, 5.41) is 4.80.